The lowest BCUT2D eigenvalue weighted by Crippen LogP contribution is -2.64. The molecule has 0 saturated carbocycles. The molecule has 2 saturated heterocycles. The number of Topliss-reactive ketones (excluding diaryl/α,β-unsaturated/α-hetero) is 1. The van der Waals surface area contributed by atoms with Crippen LogP contribution in [-0.2, 0) is 30.3 Å². The summed E-state index contributed by atoms with van der Waals surface area (Å²) in [5.74, 6) is -3.30. The predicted octanol–water partition coefficient (Wildman–Crippen LogP) is 3.78. The first-order valence-electron chi connectivity index (χ1n) is 15.6. The Hall–Kier alpha value is -4.94. The van der Waals surface area contributed by atoms with E-state index in [4.69, 9.17) is 32.7 Å². The van der Waals surface area contributed by atoms with Crippen LogP contribution in [0.1, 0.15) is 52.0 Å². The van der Waals surface area contributed by atoms with Gasteiger partial charge in [-0.3, -0.25) is 29.0 Å². The van der Waals surface area contributed by atoms with Gasteiger partial charge in [0.25, 0.3) is 11.8 Å². The molecule has 49 heavy (non-hydrogen) atoms. The fourth-order valence-corrected chi connectivity index (χ4v) is 6.33. The average molecular weight is 710 g/mol. The van der Waals surface area contributed by atoms with E-state index in [0.717, 1.165) is 5.01 Å². The van der Waals surface area contributed by atoms with E-state index in [1.165, 1.54) is 30.3 Å². The fraction of sp³-hybridized carbons (Fsp3) is 0.314. The Labute approximate surface area is 292 Å². The maximum Gasteiger partial charge on any atom is 0.341 e. The number of ketones is 1. The Balaban J connectivity index is 1.34. The van der Waals surface area contributed by atoms with E-state index in [-0.39, 0.29) is 59.3 Å². The van der Waals surface area contributed by atoms with E-state index in [0.29, 0.717) is 17.7 Å². The van der Waals surface area contributed by atoms with E-state index in [9.17, 15) is 28.8 Å². The number of halogens is 2. The minimum atomic E-state index is -1.17. The van der Waals surface area contributed by atoms with Gasteiger partial charge in [0.15, 0.2) is 12.4 Å². The van der Waals surface area contributed by atoms with Crippen molar-refractivity contribution in [3.05, 3.63) is 99.5 Å². The summed E-state index contributed by atoms with van der Waals surface area (Å²) in [6.45, 7) is -0.494. The molecule has 3 aromatic carbocycles. The van der Waals surface area contributed by atoms with Crippen molar-refractivity contribution in [1.29, 1.82) is 0 Å². The first-order valence-corrected chi connectivity index (χ1v) is 16.4. The molecule has 2 heterocycles. The lowest BCUT2D eigenvalue weighted by atomic mass is 10.0. The predicted molar refractivity (Wildman–Crippen MR) is 179 cm³/mol. The van der Waals surface area contributed by atoms with Crippen molar-refractivity contribution >= 4 is 58.6 Å². The summed E-state index contributed by atoms with van der Waals surface area (Å²) in [4.78, 5) is 80.5. The third-order valence-corrected chi connectivity index (χ3v) is 8.93. The molecule has 2 N–H and O–H groups in total. The standard InChI is InChI=1S/C35H34Cl2N4O8/c1-48-23-11-5-10-22(19-23)32(44)38-26-15-16-30(43)40-17-7-14-28(41(40)34(26)46)33(45)39-27(18-21-8-3-2-4-9-21)29(42)20-49-35(47)31-24(36)12-6-13-25(31)37/h2-6,8-13,19,26-28H,7,14-18,20H2,1H3,(H,38,44)(H,39,45)/t26-,27-,28-/m0/s1. The third-order valence-electron chi connectivity index (χ3n) is 8.30. The van der Waals surface area contributed by atoms with Gasteiger partial charge >= 0.3 is 5.97 Å². The Kier molecular flexibility index (Phi) is 11.5. The Morgan fingerprint density at radius 2 is 1.65 bits per heavy atom. The van der Waals surface area contributed by atoms with Crippen LogP contribution in [0.4, 0.5) is 0 Å². The molecular formula is C35H34Cl2N4O8. The summed E-state index contributed by atoms with van der Waals surface area (Å²) in [5.41, 5.74) is 0.877. The smallest absolute Gasteiger partial charge is 0.341 e. The number of amides is 4. The number of hydrogen-bond acceptors (Lipinski definition) is 8. The van der Waals surface area contributed by atoms with Gasteiger partial charge in [0.2, 0.25) is 11.8 Å². The second-order valence-corrected chi connectivity index (χ2v) is 12.4. The van der Waals surface area contributed by atoms with E-state index in [1.807, 2.05) is 0 Å². The van der Waals surface area contributed by atoms with Gasteiger partial charge in [-0.05, 0) is 61.6 Å². The highest BCUT2D eigenvalue weighted by atomic mass is 35.5. The molecule has 0 aliphatic carbocycles. The molecule has 0 spiro atoms. The number of carbonyl (C=O) groups excluding carboxylic acids is 6. The zero-order valence-corrected chi connectivity index (χ0v) is 28.0. The highest BCUT2D eigenvalue weighted by molar-refractivity contribution is 6.39. The van der Waals surface area contributed by atoms with Gasteiger partial charge in [-0.2, -0.15) is 0 Å². The first-order chi connectivity index (χ1) is 23.6. The molecule has 0 bridgehead atoms. The SMILES string of the molecule is COc1cccc(C(=O)N[C@H]2CCC(=O)N3CCC[C@@H](C(=O)N[C@@H](Cc4ccccc4)C(=O)COC(=O)c4c(Cl)cccc4Cl)N3C2=O)c1. The van der Waals surface area contributed by atoms with Crippen molar-refractivity contribution in [2.75, 3.05) is 20.3 Å². The average Bonchev–Trinajstić information content (AvgIpc) is 3.22. The van der Waals surface area contributed by atoms with Crippen LogP contribution in [0.15, 0.2) is 72.8 Å². The molecule has 0 radical (unpaired) electrons. The number of ether oxygens (including phenoxy) is 2. The van der Waals surface area contributed by atoms with Crippen LogP contribution in [0.2, 0.25) is 10.0 Å². The van der Waals surface area contributed by atoms with Crippen LogP contribution in [0.25, 0.3) is 0 Å². The zero-order chi connectivity index (χ0) is 35.1. The Morgan fingerprint density at radius 3 is 2.37 bits per heavy atom. The van der Waals surface area contributed by atoms with Crippen LogP contribution in [-0.4, -0.2) is 83.8 Å². The summed E-state index contributed by atoms with van der Waals surface area (Å²) in [6, 6.07) is 16.4. The number of hydrazine groups is 1. The van der Waals surface area contributed by atoms with E-state index in [1.54, 1.807) is 54.6 Å². The molecule has 0 unspecified atom stereocenters. The topological polar surface area (TPSA) is 151 Å². The van der Waals surface area contributed by atoms with Crippen LogP contribution >= 0.6 is 23.2 Å². The lowest BCUT2D eigenvalue weighted by molar-refractivity contribution is -0.176. The number of rotatable bonds is 11. The summed E-state index contributed by atoms with van der Waals surface area (Å²) in [5, 5.41) is 7.91. The summed E-state index contributed by atoms with van der Waals surface area (Å²) in [7, 11) is 1.47. The molecule has 14 heteroatoms. The monoisotopic (exact) mass is 708 g/mol. The number of esters is 1. The molecular weight excluding hydrogens is 675 g/mol. The van der Waals surface area contributed by atoms with Crippen molar-refractivity contribution in [2.45, 2.75) is 50.2 Å². The first kappa shape index (κ1) is 35.4. The maximum absolute atomic E-state index is 14.0. The van der Waals surface area contributed by atoms with Gasteiger partial charge in [-0.25, -0.2) is 9.80 Å². The lowest BCUT2D eigenvalue weighted by Gasteiger charge is -2.43. The molecule has 2 aliphatic heterocycles. The van der Waals surface area contributed by atoms with Crippen molar-refractivity contribution < 1.29 is 38.2 Å². The van der Waals surface area contributed by atoms with Gasteiger partial charge in [0, 0.05) is 18.5 Å². The Bertz CT molecular complexity index is 1730. The molecule has 0 aromatic heterocycles. The number of fused-ring (bicyclic) bond motifs is 1. The molecule has 4 amide bonds. The van der Waals surface area contributed by atoms with Gasteiger partial charge in [-0.15, -0.1) is 0 Å². The molecule has 2 fully saturated rings. The van der Waals surface area contributed by atoms with E-state index < -0.39 is 54.2 Å². The van der Waals surface area contributed by atoms with E-state index in [2.05, 4.69) is 10.6 Å². The summed E-state index contributed by atoms with van der Waals surface area (Å²) >= 11 is 12.2. The second-order valence-electron chi connectivity index (χ2n) is 11.5. The minimum absolute atomic E-state index is 0.0322. The third kappa shape index (κ3) is 8.38. The summed E-state index contributed by atoms with van der Waals surface area (Å²) in [6.07, 6.45) is 0.671. The molecule has 12 nitrogen and oxygen atoms in total. The quantitative estimate of drug-likeness (QED) is 0.286. The number of nitrogens with one attached hydrogen (secondary N) is 2. The van der Waals surface area contributed by atoms with Crippen LogP contribution < -0.4 is 15.4 Å². The number of nitrogens with zero attached hydrogens (tertiary/aromatic N) is 2. The highest BCUT2D eigenvalue weighted by Crippen LogP contribution is 2.27. The number of methoxy groups -OCH3 is 1. The molecule has 2 aliphatic rings. The van der Waals surface area contributed by atoms with Gasteiger partial charge < -0.3 is 20.1 Å². The van der Waals surface area contributed by atoms with Crippen molar-refractivity contribution in [3.8, 4) is 5.75 Å². The molecule has 3 atom stereocenters. The normalized spacial score (nSPS) is 18.1. The summed E-state index contributed by atoms with van der Waals surface area (Å²) < 4.78 is 10.5. The van der Waals surface area contributed by atoms with Gasteiger partial charge in [-0.1, -0.05) is 65.7 Å². The maximum atomic E-state index is 14.0. The van der Waals surface area contributed by atoms with Gasteiger partial charge in [0.1, 0.15) is 17.8 Å². The van der Waals surface area contributed by atoms with Crippen molar-refractivity contribution in [1.82, 2.24) is 20.7 Å². The van der Waals surface area contributed by atoms with Crippen LogP contribution in [0.5, 0.6) is 5.75 Å². The van der Waals surface area contributed by atoms with Crippen molar-refractivity contribution in [2.24, 2.45) is 0 Å². The molecule has 3 aromatic rings. The molecule has 5 rings (SSSR count). The highest BCUT2D eigenvalue weighted by Gasteiger charge is 2.45. The number of benzene rings is 3. The largest absolute Gasteiger partial charge is 0.497 e. The zero-order valence-electron chi connectivity index (χ0n) is 26.5. The second kappa shape index (κ2) is 16.0. The van der Waals surface area contributed by atoms with Crippen LogP contribution in [0.3, 0.4) is 0 Å². The number of hydrogen-bond donors (Lipinski definition) is 2. The van der Waals surface area contributed by atoms with E-state index >= 15 is 0 Å². The van der Waals surface area contributed by atoms with Crippen molar-refractivity contribution in [3.63, 3.8) is 0 Å². The van der Waals surface area contributed by atoms with Crippen LogP contribution in [0, 0.1) is 0 Å². The fourth-order valence-electron chi connectivity index (χ4n) is 5.78. The molecule has 256 valence electrons. The minimum Gasteiger partial charge on any atom is -0.497 e. The number of carbonyl (C=O) groups is 6. The van der Waals surface area contributed by atoms with Gasteiger partial charge in [0.05, 0.1) is 28.8 Å². The Morgan fingerprint density at radius 1 is 0.939 bits per heavy atom.